The Kier molecular flexibility index (Phi) is 50.5. The van der Waals surface area contributed by atoms with Crippen molar-refractivity contribution in [1.82, 2.24) is 5.32 Å². The Morgan fingerprint density at radius 1 is 0.453 bits per heavy atom. The number of unbranched alkanes of at least 4 members (excludes halogenated alkanes) is 33. The van der Waals surface area contributed by atoms with E-state index in [1.54, 1.807) is 0 Å². The van der Waals surface area contributed by atoms with Crippen LogP contribution in [0.5, 0.6) is 0 Å². The van der Waals surface area contributed by atoms with Gasteiger partial charge in [0.15, 0.2) is 0 Å². The molecular formula is C58H109NO5. The fourth-order valence-corrected chi connectivity index (χ4v) is 8.67. The van der Waals surface area contributed by atoms with Gasteiger partial charge in [-0.1, -0.05) is 256 Å². The molecule has 0 radical (unpaired) electrons. The Morgan fingerprint density at radius 2 is 0.797 bits per heavy atom. The summed E-state index contributed by atoms with van der Waals surface area (Å²) in [6, 6.07) is -0.706. The van der Waals surface area contributed by atoms with E-state index in [0.717, 1.165) is 83.5 Å². The molecule has 6 nitrogen and oxygen atoms in total. The smallest absolute Gasteiger partial charge is 0.306 e. The summed E-state index contributed by atoms with van der Waals surface area (Å²) >= 11 is 0. The van der Waals surface area contributed by atoms with E-state index in [4.69, 9.17) is 4.74 Å². The maximum Gasteiger partial charge on any atom is 0.306 e. The Balaban J connectivity index is 4.58. The predicted octanol–water partition coefficient (Wildman–Crippen LogP) is 17.2. The maximum atomic E-state index is 13.2. The van der Waals surface area contributed by atoms with Crippen LogP contribution in [-0.2, 0) is 14.3 Å². The van der Waals surface area contributed by atoms with Crippen molar-refractivity contribution in [2.75, 3.05) is 6.61 Å². The van der Waals surface area contributed by atoms with Crippen molar-refractivity contribution in [3.05, 3.63) is 36.5 Å². The Labute approximate surface area is 398 Å². The number of allylic oxidation sites excluding steroid dienone is 6. The lowest BCUT2D eigenvalue weighted by atomic mass is 10.0. The molecule has 64 heavy (non-hydrogen) atoms. The fourth-order valence-electron chi connectivity index (χ4n) is 8.67. The second-order valence-corrected chi connectivity index (χ2v) is 19.3. The molecule has 0 aromatic rings. The number of aliphatic hydroxyl groups is 2. The van der Waals surface area contributed by atoms with Crippen LogP contribution in [0.15, 0.2) is 36.5 Å². The predicted molar refractivity (Wildman–Crippen MR) is 278 cm³/mol. The maximum absolute atomic E-state index is 13.2. The van der Waals surface area contributed by atoms with E-state index >= 15 is 0 Å². The normalized spacial score (nSPS) is 13.4. The molecule has 0 aliphatic heterocycles. The van der Waals surface area contributed by atoms with Crippen molar-refractivity contribution in [3.8, 4) is 0 Å². The lowest BCUT2D eigenvalue weighted by Gasteiger charge is -2.24. The minimum atomic E-state index is -0.791. The van der Waals surface area contributed by atoms with Crippen molar-refractivity contribution >= 4 is 11.9 Å². The van der Waals surface area contributed by atoms with E-state index in [-0.39, 0.29) is 24.9 Å². The third-order valence-electron chi connectivity index (χ3n) is 13.0. The van der Waals surface area contributed by atoms with Crippen LogP contribution in [0, 0.1) is 0 Å². The van der Waals surface area contributed by atoms with Crippen LogP contribution in [-0.4, -0.2) is 46.9 Å². The van der Waals surface area contributed by atoms with Crippen molar-refractivity contribution in [2.45, 2.75) is 315 Å². The first kappa shape index (κ1) is 62.1. The number of esters is 1. The number of hydrogen-bond donors (Lipinski definition) is 3. The molecule has 0 bridgehead atoms. The highest BCUT2D eigenvalue weighted by molar-refractivity contribution is 5.77. The van der Waals surface area contributed by atoms with Crippen molar-refractivity contribution in [3.63, 3.8) is 0 Å². The third-order valence-corrected chi connectivity index (χ3v) is 13.0. The second-order valence-electron chi connectivity index (χ2n) is 19.3. The van der Waals surface area contributed by atoms with Crippen molar-refractivity contribution < 1.29 is 24.5 Å². The average Bonchev–Trinajstić information content (AvgIpc) is 3.29. The van der Waals surface area contributed by atoms with Gasteiger partial charge in [-0.2, -0.15) is 0 Å². The molecule has 0 saturated carbocycles. The lowest BCUT2D eigenvalue weighted by Crippen LogP contribution is -2.46. The van der Waals surface area contributed by atoms with Crippen LogP contribution < -0.4 is 5.32 Å². The zero-order valence-electron chi connectivity index (χ0n) is 42.9. The molecule has 376 valence electrons. The molecular weight excluding hydrogens is 791 g/mol. The van der Waals surface area contributed by atoms with Crippen LogP contribution in [0.3, 0.4) is 0 Å². The number of rotatable bonds is 51. The van der Waals surface area contributed by atoms with Gasteiger partial charge in [-0.3, -0.25) is 9.59 Å². The highest BCUT2D eigenvalue weighted by atomic mass is 16.5. The second kappa shape index (κ2) is 52.1. The molecule has 0 aromatic carbocycles. The third kappa shape index (κ3) is 46.6. The van der Waals surface area contributed by atoms with E-state index < -0.39 is 18.2 Å². The summed E-state index contributed by atoms with van der Waals surface area (Å²) in [6.07, 6.45) is 62.1. The quantitative estimate of drug-likeness (QED) is 0.0321. The molecule has 0 aliphatic carbocycles. The van der Waals surface area contributed by atoms with Crippen LogP contribution in [0.25, 0.3) is 0 Å². The van der Waals surface area contributed by atoms with E-state index in [9.17, 15) is 19.8 Å². The molecule has 0 rings (SSSR count). The molecule has 0 saturated heterocycles. The van der Waals surface area contributed by atoms with Gasteiger partial charge in [-0.05, 0) is 64.2 Å². The molecule has 3 N–H and O–H groups in total. The summed E-state index contributed by atoms with van der Waals surface area (Å²) in [7, 11) is 0. The molecule has 3 atom stereocenters. The lowest BCUT2D eigenvalue weighted by molar-refractivity contribution is -0.151. The minimum Gasteiger partial charge on any atom is -0.462 e. The van der Waals surface area contributed by atoms with Gasteiger partial charge in [0.2, 0.25) is 5.91 Å². The average molecular weight is 901 g/mol. The number of carbonyl (C=O) groups is 2. The van der Waals surface area contributed by atoms with Crippen molar-refractivity contribution in [1.29, 1.82) is 0 Å². The summed E-state index contributed by atoms with van der Waals surface area (Å²) < 4.78 is 5.95. The molecule has 0 spiro atoms. The molecule has 6 heteroatoms. The molecule has 0 aromatic heterocycles. The first-order valence-electron chi connectivity index (χ1n) is 28.2. The summed E-state index contributed by atoms with van der Waals surface area (Å²) in [6.45, 7) is 6.47. The van der Waals surface area contributed by atoms with Gasteiger partial charge >= 0.3 is 5.97 Å². The molecule has 0 heterocycles. The van der Waals surface area contributed by atoms with Crippen LogP contribution in [0.1, 0.15) is 297 Å². The number of amides is 1. The Morgan fingerprint density at radius 3 is 1.23 bits per heavy atom. The highest BCUT2D eigenvalue weighted by Gasteiger charge is 2.24. The number of carbonyl (C=O) groups excluding carboxylic acids is 2. The Hall–Kier alpha value is -1.92. The van der Waals surface area contributed by atoms with Gasteiger partial charge in [0.25, 0.3) is 0 Å². The van der Waals surface area contributed by atoms with Gasteiger partial charge in [0, 0.05) is 6.42 Å². The van der Waals surface area contributed by atoms with E-state index in [1.807, 2.05) is 0 Å². The Bertz CT molecular complexity index is 1060. The van der Waals surface area contributed by atoms with Gasteiger partial charge in [0.1, 0.15) is 6.10 Å². The first-order chi connectivity index (χ1) is 31.5. The summed E-state index contributed by atoms with van der Waals surface area (Å²) in [5.41, 5.74) is 0. The highest BCUT2D eigenvalue weighted by Crippen LogP contribution is 2.18. The SMILES string of the molecule is CCCCC/C=C\C/C=C\C/C=C\CCCCCCC(CC(=O)NC(CO)C(O)CCCCCCCCCCCCC)OC(=O)CCCCCCCCCCCCCCCCCCC. The standard InChI is InChI=1S/C58H109NO5/c1-4-7-10-13-16-19-22-24-26-28-30-32-35-37-40-43-46-49-54(52-57(62)59-55(53-60)56(61)50-47-44-41-38-34-21-18-15-12-9-6-3)64-58(63)51-48-45-42-39-36-33-31-29-27-25-23-20-17-14-11-8-5-2/h16,19,24,26,30,32,54-56,60-61H,4-15,17-18,20-23,25,27-29,31,33-53H2,1-3H3,(H,59,62)/b19-16-,26-24-,32-30-. The van der Waals surface area contributed by atoms with Gasteiger partial charge in [0.05, 0.1) is 25.2 Å². The zero-order chi connectivity index (χ0) is 46.7. The van der Waals surface area contributed by atoms with Gasteiger partial charge in [-0.15, -0.1) is 0 Å². The summed E-state index contributed by atoms with van der Waals surface area (Å²) in [5.74, 6) is -0.481. The van der Waals surface area contributed by atoms with Crippen LogP contribution in [0.4, 0.5) is 0 Å². The summed E-state index contributed by atoms with van der Waals surface area (Å²) in [5, 5.41) is 23.8. The van der Waals surface area contributed by atoms with E-state index in [1.165, 1.54) is 167 Å². The first-order valence-corrected chi connectivity index (χ1v) is 28.2. The van der Waals surface area contributed by atoms with E-state index in [0.29, 0.717) is 19.3 Å². The molecule has 0 aliphatic rings. The van der Waals surface area contributed by atoms with Gasteiger partial charge in [-0.25, -0.2) is 0 Å². The zero-order valence-corrected chi connectivity index (χ0v) is 42.9. The number of nitrogens with one attached hydrogen (secondary N) is 1. The van der Waals surface area contributed by atoms with Crippen LogP contribution in [0.2, 0.25) is 0 Å². The summed E-state index contributed by atoms with van der Waals surface area (Å²) in [4.78, 5) is 26.2. The van der Waals surface area contributed by atoms with Gasteiger partial charge < -0.3 is 20.3 Å². The molecule has 3 unspecified atom stereocenters. The monoisotopic (exact) mass is 900 g/mol. The number of hydrogen-bond acceptors (Lipinski definition) is 5. The van der Waals surface area contributed by atoms with Crippen LogP contribution >= 0.6 is 0 Å². The fraction of sp³-hybridized carbons (Fsp3) is 0.862. The number of aliphatic hydroxyl groups excluding tert-OH is 2. The molecule has 0 fully saturated rings. The van der Waals surface area contributed by atoms with Crippen molar-refractivity contribution in [2.24, 2.45) is 0 Å². The minimum absolute atomic E-state index is 0.0668. The number of ether oxygens (including phenoxy) is 1. The molecule has 1 amide bonds. The topological polar surface area (TPSA) is 95.9 Å². The van der Waals surface area contributed by atoms with E-state index in [2.05, 4.69) is 62.5 Å². The largest absolute Gasteiger partial charge is 0.462 e.